The summed E-state index contributed by atoms with van der Waals surface area (Å²) < 4.78 is 18.3. The maximum Gasteiger partial charge on any atom is 0.230 e. The van der Waals surface area contributed by atoms with Gasteiger partial charge in [0.25, 0.3) is 0 Å². The smallest absolute Gasteiger partial charge is 0.230 e. The molecule has 1 aliphatic heterocycles. The van der Waals surface area contributed by atoms with Crippen LogP contribution in [0.4, 0.5) is 0 Å². The monoisotopic (exact) mass is 454 g/mol. The second-order valence-corrected chi connectivity index (χ2v) is 8.25. The van der Waals surface area contributed by atoms with Crippen molar-refractivity contribution in [3.8, 4) is 28.6 Å². The van der Waals surface area contributed by atoms with Crippen LogP contribution >= 0.6 is 11.8 Å². The predicted molar refractivity (Wildman–Crippen MR) is 123 cm³/mol. The summed E-state index contributed by atoms with van der Waals surface area (Å²) in [4.78, 5) is 12.4. The summed E-state index contributed by atoms with van der Waals surface area (Å²) in [7, 11) is 3.22. The van der Waals surface area contributed by atoms with Crippen molar-refractivity contribution in [2.45, 2.75) is 24.1 Å². The van der Waals surface area contributed by atoms with Gasteiger partial charge in [-0.2, -0.15) is 0 Å². The molecule has 0 unspecified atom stereocenters. The summed E-state index contributed by atoms with van der Waals surface area (Å²) >= 11 is 1.34. The number of hydrogen-bond donors (Lipinski definition) is 1. The number of ether oxygens (including phenoxy) is 3. The lowest BCUT2D eigenvalue weighted by Crippen LogP contribution is -2.32. The molecule has 1 N–H and O–H groups in total. The van der Waals surface area contributed by atoms with Gasteiger partial charge in [0, 0.05) is 30.5 Å². The molecule has 1 atom stereocenters. The van der Waals surface area contributed by atoms with E-state index in [1.165, 1.54) is 11.8 Å². The first-order valence-corrected chi connectivity index (χ1v) is 11.4. The molecular formula is C23H26N4O4S. The lowest BCUT2D eigenvalue weighted by Gasteiger charge is -2.13. The van der Waals surface area contributed by atoms with Crippen molar-refractivity contribution in [2.24, 2.45) is 0 Å². The molecule has 4 rings (SSSR count). The van der Waals surface area contributed by atoms with E-state index in [1.807, 2.05) is 47.0 Å². The van der Waals surface area contributed by atoms with Gasteiger partial charge < -0.3 is 19.5 Å². The highest BCUT2D eigenvalue weighted by molar-refractivity contribution is 7.99. The van der Waals surface area contributed by atoms with Crippen LogP contribution in [0.25, 0.3) is 17.1 Å². The van der Waals surface area contributed by atoms with Gasteiger partial charge in [0.05, 0.1) is 26.1 Å². The van der Waals surface area contributed by atoms with Crippen LogP contribution in [0, 0.1) is 0 Å². The van der Waals surface area contributed by atoms with Crippen LogP contribution in [-0.4, -0.2) is 59.9 Å². The van der Waals surface area contributed by atoms with Crippen LogP contribution in [0.1, 0.15) is 12.8 Å². The Morgan fingerprint density at radius 2 is 1.91 bits per heavy atom. The van der Waals surface area contributed by atoms with Gasteiger partial charge in [-0.05, 0) is 37.1 Å². The molecule has 32 heavy (non-hydrogen) atoms. The van der Waals surface area contributed by atoms with Gasteiger partial charge >= 0.3 is 0 Å². The first-order valence-electron chi connectivity index (χ1n) is 10.4. The fourth-order valence-corrected chi connectivity index (χ4v) is 4.29. The number of para-hydroxylation sites is 1. The van der Waals surface area contributed by atoms with E-state index in [9.17, 15) is 4.79 Å². The van der Waals surface area contributed by atoms with Crippen LogP contribution in [0.3, 0.4) is 0 Å². The van der Waals surface area contributed by atoms with Gasteiger partial charge in [-0.3, -0.25) is 9.36 Å². The first kappa shape index (κ1) is 22.2. The summed E-state index contributed by atoms with van der Waals surface area (Å²) in [6.45, 7) is 1.31. The molecule has 1 aliphatic rings. The Kier molecular flexibility index (Phi) is 7.28. The standard InChI is InChI=1S/C23H26N4O4S/c1-29-19-11-16(12-20(13-19)30-2)22-25-26-23(27(22)17-7-4-3-5-8-17)32-15-21(28)24-14-18-9-6-10-31-18/h3-5,7-8,11-13,18H,6,9-10,14-15H2,1-2H3,(H,24,28)/t18-/m0/s1. The van der Waals surface area contributed by atoms with Crippen molar-refractivity contribution in [3.05, 3.63) is 48.5 Å². The van der Waals surface area contributed by atoms with E-state index in [-0.39, 0.29) is 17.8 Å². The lowest BCUT2D eigenvalue weighted by molar-refractivity contribution is -0.119. The van der Waals surface area contributed by atoms with Crippen molar-refractivity contribution in [3.63, 3.8) is 0 Å². The molecule has 8 nitrogen and oxygen atoms in total. The Bertz CT molecular complexity index is 1030. The Morgan fingerprint density at radius 1 is 1.16 bits per heavy atom. The number of nitrogens with zero attached hydrogens (tertiary/aromatic N) is 3. The molecule has 2 heterocycles. The highest BCUT2D eigenvalue weighted by Gasteiger charge is 2.20. The van der Waals surface area contributed by atoms with Crippen molar-refractivity contribution >= 4 is 17.7 Å². The van der Waals surface area contributed by atoms with Crippen molar-refractivity contribution in [2.75, 3.05) is 33.1 Å². The van der Waals surface area contributed by atoms with Gasteiger partial charge in [-0.25, -0.2) is 0 Å². The first-order chi connectivity index (χ1) is 15.7. The van der Waals surface area contributed by atoms with Crippen LogP contribution in [0.15, 0.2) is 53.7 Å². The molecule has 1 aromatic heterocycles. The van der Waals surface area contributed by atoms with E-state index in [0.717, 1.165) is 30.7 Å². The van der Waals surface area contributed by atoms with Gasteiger partial charge in [0.2, 0.25) is 5.91 Å². The SMILES string of the molecule is COc1cc(OC)cc(-c2nnc(SCC(=O)NC[C@@H]3CCCO3)n2-c2ccccc2)c1. The third-order valence-corrected chi connectivity index (χ3v) is 6.07. The summed E-state index contributed by atoms with van der Waals surface area (Å²) in [5.74, 6) is 2.13. The van der Waals surface area contributed by atoms with Gasteiger partial charge in [-0.15, -0.1) is 10.2 Å². The molecule has 3 aromatic rings. The molecule has 9 heteroatoms. The van der Waals surface area contributed by atoms with Gasteiger partial charge in [0.1, 0.15) is 11.5 Å². The van der Waals surface area contributed by atoms with Crippen molar-refractivity contribution in [1.82, 2.24) is 20.1 Å². The molecule has 0 bridgehead atoms. The number of nitrogens with one attached hydrogen (secondary N) is 1. The van der Waals surface area contributed by atoms with Crippen molar-refractivity contribution < 1.29 is 19.0 Å². The van der Waals surface area contributed by atoms with Crippen LogP contribution in [0.5, 0.6) is 11.5 Å². The fourth-order valence-electron chi connectivity index (χ4n) is 3.51. The Morgan fingerprint density at radius 3 is 2.56 bits per heavy atom. The Balaban J connectivity index is 1.58. The van der Waals surface area contributed by atoms with E-state index >= 15 is 0 Å². The number of thioether (sulfide) groups is 1. The zero-order valence-electron chi connectivity index (χ0n) is 18.1. The maximum absolute atomic E-state index is 12.4. The largest absolute Gasteiger partial charge is 0.497 e. The Hall–Kier alpha value is -3.04. The van der Waals surface area contributed by atoms with Gasteiger partial charge in [0.15, 0.2) is 11.0 Å². The number of benzene rings is 2. The van der Waals surface area contributed by atoms with Gasteiger partial charge in [-0.1, -0.05) is 30.0 Å². The third kappa shape index (κ3) is 5.23. The van der Waals surface area contributed by atoms with Crippen molar-refractivity contribution in [1.29, 1.82) is 0 Å². The van der Waals surface area contributed by atoms with E-state index in [4.69, 9.17) is 14.2 Å². The Labute approximate surface area is 191 Å². The van der Waals surface area contributed by atoms with Crippen LogP contribution in [0.2, 0.25) is 0 Å². The summed E-state index contributed by atoms with van der Waals surface area (Å²) in [6, 6.07) is 15.4. The second-order valence-electron chi connectivity index (χ2n) is 7.31. The average Bonchev–Trinajstić information content (AvgIpc) is 3.51. The molecule has 1 amide bonds. The second kappa shape index (κ2) is 10.5. The number of methoxy groups -OCH3 is 2. The molecule has 1 fully saturated rings. The minimum absolute atomic E-state index is 0.0577. The number of rotatable bonds is 9. The quantitative estimate of drug-likeness (QED) is 0.496. The molecule has 0 radical (unpaired) electrons. The normalized spacial score (nSPS) is 15.5. The number of carbonyl (C=O) groups is 1. The van der Waals surface area contributed by atoms with Crippen LogP contribution in [-0.2, 0) is 9.53 Å². The zero-order valence-corrected chi connectivity index (χ0v) is 18.9. The lowest BCUT2D eigenvalue weighted by atomic mass is 10.2. The van der Waals surface area contributed by atoms with E-state index < -0.39 is 0 Å². The molecule has 1 saturated heterocycles. The average molecular weight is 455 g/mol. The number of amides is 1. The molecule has 0 saturated carbocycles. The molecular weight excluding hydrogens is 428 g/mol. The molecule has 168 valence electrons. The maximum atomic E-state index is 12.4. The third-order valence-electron chi connectivity index (χ3n) is 5.14. The van der Waals surface area contributed by atoms with Crippen LogP contribution < -0.4 is 14.8 Å². The zero-order chi connectivity index (χ0) is 22.3. The topological polar surface area (TPSA) is 87.5 Å². The minimum atomic E-state index is -0.0577. The minimum Gasteiger partial charge on any atom is -0.497 e. The highest BCUT2D eigenvalue weighted by atomic mass is 32.2. The summed E-state index contributed by atoms with van der Waals surface area (Å²) in [6.07, 6.45) is 2.16. The number of carbonyl (C=O) groups excluding carboxylic acids is 1. The fraction of sp³-hybridized carbons (Fsp3) is 0.348. The number of aromatic nitrogens is 3. The molecule has 0 aliphatic carbocycles. The van der Waals surface area contributed by atoms with E-state index in [0.29, 0.717) is 29.0 Å². The number of hydrogen-bond acceptors (Lipinski definition) is 7. The van der Waals surface area contributed by atoms with E-state index in [2.05, 4.69) is 15.5 Å². The molecule has 0 spiro atoms. The predicted octanol–water partition coefficient (Wildman–Crippen LogP) is 3.34. The molecule has 2 aromatic carbocycles. The summed E-state index contributed by atoms with van der Waals surface area (Å²) in [5, 5.41) is 12.4. The summed E-state index contributed by atoms with van der Waals surface area (Å²) in [5.41, 5.74) is 1.70. The van der Waals surface area contributed by atoms with E-state index in [1.54, 1.807) is 20.3 Å². The highest BCUT2D eigenvalue weighted by Crippen LogP contribution is 2.32.